The highest BCUT2D eigenvalue weighted by atomic mass is 16.4. The van der Waals surface area contributed by atoms with Gasteiger partial charge in [-0.05, 0) is 38.5 Å². The summed E-state index contributed by atoms with van der Waals surface area (Å²) >= 11 is 0. The van der Waals surface area contributed by atoms with Gasteiger partial charge in [0.15, 0.2) is 0 Å². The van der Waals surface area contributed by atoms with E-state index in [-0.39, 0.29) is 5.91 Å². The summed E-state index contributed by atoms with van der Waals surface area (Å²) in [6, 6.07) is -1.04. The molecule has 1 atom stereocenters. The highest BCUT2D eigenvalue weighted by molar-refractivity contribution is 5.91. The van der Waals surface area contributed by atoms with E-state index in [1.54, 1.807) is 6.92 Å². The number of hydrogen-bond acceptors (Lipinski definition) is 3. The Hall–Kier alpha value is -1.79. The zero-order valence-electron chi connectivity index (χ0n) is 12.5. The van der Waals surface area contributed by atoms with Gasteiger partial charge in [-0.2, -0.15) is 0 Å². The van der Waals surface area contributed by atoms with Crippen LogP contribution in [0, 0.1) is 5.92 Å². The third kappa shape index (κ3) is 3.11. The quantitative estimate of drug-likeness (QED) is 0.693. The first-order chi connectivity index (χ1) is 9.85. The Morgan fingerprint density at radius 2 is 1.95 bits per heavy atom. The molecule has 3 N–H and O–H groups in total. The molecule has 2 aliphatic rings. The zero-order chi connectivity index (χ0) is 15.6. The molecule has 1 aliphatic heterocycles. The second-order valence-electron chi connectivity index (χ2n) is 6.16. The van der Waals surface area contributed by atoms with E-state index in [2.05, 4.69) is 17.6 Å². The van der Waals surface area contributed by atoms with Crippen molar-refractivity contribution in [1.29, 1.82) is 0 Å². The average molecular weight is 297 g/mol. The fraction of sp³-hybridized carbons (Fsp3) is 0.786. The summed E-state index contributed by atoms with van der Waals surface area (Å²) in [5, 5.41) is 14.9. The molecule has 21 heavy (non-hydrogen) atoms. The molecule has 7 nitrogen and oxygen atoms in total. The molecule has 3 amide bonds. The van der Waals surface area contributed by atoms with Crippen molar-refractivity contribution >= 4 is 17.9 Å². The number of carboxylic acids is 1. The normalized spacial score (nSPS) is 33.2. The first-order valence-corrected chi connectivity index (χ1v) is 7.45. The lowest BCUT2D eigenvalue weighted by atomic mass is 9.77. The summed E-state index contributed by atoms with van der Waals surface area (Å²) in [5.74, 6) is -0.719. The van der Waals surface area contributed by atoms with E-state index < -0.39 is 23.6 Å². The molecule has 0 aromatic heterocycles. The van der Waals surface area contributed by atoms with Crippen molar-refractivity contribution in [3.8, 4) is 0 Å². The Bertz CT molecular complexity index is 444. The monoisotopic (exact) mass is 297 g/mol. The molecule has 0 radical (unpaired) electrons. The largest absolute Gasteiger partial charge is 0.480 e. The van der Waals surface area contributed by atoms with Crippen LogP contribution in [0.1, 0.15) is 39.5 Å². The van der Waals surface area contributed by atoms with Crippen LogP contribution in [0.2, 0.25) is 0 Å². The van der Waals surface area contributed by atoms with Crippen LogP contribution in [0.15, 0.2) is 0 Å². The van der Waals surface area contributed by atoms with Crippen molar-refractivity contribution in [2.24, 2.45) is 5.92 Å². The minimum Gasteiger partial charge on any atom is -0.480 e. The number of piperazine rings is 1. The van der Waals surface area contributed by atoms with Gasteiger partial charge in [-0.25, -0.2) is 9.59 Å². The number of rotatable bonds is 2. The molecule has 0 bridgehead atoms. The van der Waals surface area contributed by atoms with Gasteiger partial charge in [0.25, 0.3) is 0 Å². The van der Waals surface area contributed by atoms with Gasteiger partial charge in [0.05, 0.1) is 0 Å². The number of nitrogens with one attached hydrogen (secondary N) is 2. The zero-order valence-corrected chi connectivity index (χ0v) is 12.5. The predicted octanol–water partition coefficient (Wildman–Crippen LogP) is 0.550. The molecule has 7 heteroatoms. The van der Waals surface area contributed by atoms with E-state index in [4.69, 9.17) is 0 Å². The summed E-state index contributed by atoms with van der Waals surface area (Å²) in [6.07, 6.45) is 2.43. The van der Waals surface area contributed by atoms with Crippen molar-refractivity contribution < 1.29 is 19.5 Å². The minimum absolute atomic E-state index is 0.210. The van der Waals surface area contributed by atoms with Crippen molar-refractivity contribution in [1.82, 2.24) is 15.5 Å². The predicted molar refractivity (Wildman–Crippen MR) is 75.7 cm³/mol. The van der Waals surface area contributed by atoms with E-state index in [1.807, 2.05) is 0 Å². The number of aliphatic carboxylic acids is 1. The molecule has 2 fully saturated rings. The molecule has 2 rings (SSSR count). The second kappa shape index (κ2) is 5.91. The summed E-state index contributed by atoms with van der Waals surface area (Å²) in [7, 11) is 0. The standard InChI is InChI=1S/C14H23N3O4/c1-9-3-5-14(6-4-9,12(19)20)16-13(21)17-8-7-15-11(18)10(17)2/h9-10H,3-8H2,1-2H3,(H,15,18)(H,16,21)(H,19,20). The second-order valence-corrected chi connectivity index (χ2v) is 6.16. The minimum atomic E-state index is -1.20. The number of carboxylic acid groups (broad SMARTS) is 1. The summed E-state index contributed by atoms with van der Waals surface area (Å²) < 4.78 is 0. The Balaban J connectivity index is 2.08. The lowest BCUT2D eigenvalue weighted by Gasteiger charge is -2.40. The third-order valence-corrected chi connectivity index (χ3v) is 4.64. The van der Waals surface area contributed by atoms with Gasteiger partial charge in [0, 0.05) is 13.1 Å². The molecular formula is C14H23N3O4. The number of carbonyl (C=O) groups excluding carboxylic acids is 2. The molecule has 1 saturated carbocycles. The summed E-state index contributed by atoms with van der Waals surface area (Å²) in [5.41, 5.74) is -1.20. The first-order valence-electron chi connectivity index (χ1n) is 7.45. The van der Waals surface area contributed by atoms with Crippen LogP contribution in [0.25, 0.3) is 0 Å². The van der Waals surface area contributed by atoms with Crippen molar-refractivity contribution in [3.05, 3.63) is 0 Å². The number of amides is 3. The molecule has 1 saturated heterocycles. The molecule has 0 spiro atoms. The third-order valence-electron chi connectivity index (χ3n) is 4.64. The van der Waals surface area contributed by atoms with E-state index in [0.717, 1.165) is 12.8 Å². The lowest BCUT2D eigenvalue weighted by Crippen LogP contribution is -2.64. The molecule has 1 heterocycles. The number of nitrogens with zero attached hydrogens (tertiary/aromatic N) is 1. The molecule has 1 aliphatic carbocycles. The van der Waals surface area contributed by atoms with Crippen LogP contribution in [0.3, 0.4) is 0 Å². The maximum Gasteiger partial charge on any atom is 0.329 e. The number of urea groups is 1. The van der Waals surface area contributed by atoms with Crippen molar-refractivity contribution in [3.63, 3.8) is 0 Å². The maximum absolute atomic E-state index is 12.4. The molecule has 0 aromatic rings. The van der Waals surface area contributed by atoms with Gasteiger partial charge < -0.3 is 20.6 Å². The Kier molecular flexibility index (Phi) is 4.39. The molecule has 118 valence electrons. The van der Waals surface area contributed by atoms with E-state index in [0.29, 0.717) is 31.8 Å². The Morgan fingerprint density at radius 3 is 2.52 bits per heavy atom. The number of hydrogen-bond donors (Lipinski definition) is 3. The summed E-state index contributed by atoms with van der Waals surface area (Å²) in [6.45, 7) is 4.52. The van der Waals surface area contributed by atoms with Crippen LogP contribution in [-0.4, -0.2) is 52.6 Å². The van der Waals surface area contributed by atoms with E-state index in [9.17, 15) is 19.5 Å². The van der Waals surface area contributed by atoms with Gasteiger partial charge in [-0.3, -0.25) is 4.79 Å². The Labute approximate surface area is 124 Å². The van der Waals surface area contributed by atoms with Gasteiger partial charge in [-0.15, -0.1) is 0 Å². The molecular weight excluding hydrogens is 274 g/mol. The van der Waals surface area contributed by atoms with Crippen LogP contribution in [0.5, 0.6) is 0 Å². The fourth-order valence-electron chi connectivity index (χ4n) is 2.98. The maximum atomic E-state index is 12.4. The summed E-state index contributed by atoms with van der Waals surface area (Å²) in [4.78, 5) is 37.0. The van der Waals surface area contributed by atoms with Gasteiger partial charge in [-0.1, -0.05) is 6.92 Å². The van der Waals surface area contributed by atoms with Crippen LogP contribution in [0.4, 0.5) is 4.79 Å². The van der Waals surface area contributed by atoms with Crippen LogP contribution < -0.4 is 10.6 Å². The van der Waals surface area contributed by atoms with Crippen molar-refractivity contribution in [2.45, 2.75) is 51.1 Å². The topological polar surface area (TPSA) is 98.7 Å². The number of carbonyl (C=O) groups is 3. The van der Waals surface area contributed by atoms with Crippen LogP contribution >= 0.6 is 0 Å². The molecule has 1 unspecified atom stereocenters. The highest BCUT2D eigenvalue weighted by Crippen LogP contribution is 2.32. The smallest absolute Gasteiger partial charge is 0.329 e. The van der Waals surface area contributed by atoms with E-state index in [1.165, 1.54) is 4.90 Å². The van der Waals surface area contributed by atoms with E-state index >= 15 is 0 Å². The fourth-order valence-corrected chi connectivity index (χ4v) is 2.98. The highest BCUT2D eigenvalue weighted by Gasteiger charge is 2.44. The van der Waals surface area contributed by atoms with Gasteiger partial charge in [0.2, 0.25) is 5.91 Å². The average Bonchev–Trinajstić information content (AvgIpc) is 2.44. The molecule has 0 aromatic carbocycles. The van der Waals surface area contributed by atoms with Crippen LogP contribution in [-0.2, 0) is 9.59 Å². The SMILES string of the molecule is CC1CCC(NC(=O)N2CCNC(=O)C2C)(C(=O)O)CC1. The van der Waals surface area contributed by atoms with Gasteiger partial charge in [0.1, 0.15) is 11.6 Å². The lowest BCUT2D eigenvalue weighted by molar-refractivity contribution is -0.146. The van der Waals surface area contributed by atoms with Crippen molar-refractivity contribution in [2.75, 3.05) is 13.1 Å². The first kappa shape index (κ1) is 15.6. The Morgan fingerprint density at radius 1 is 1.33 bits per heavy atom. The van der Waals surface area contributed by atoms with Gasteiger partial charge >= 0.3 is 12.0 Å².